The molecule has 1 aromatic heterocycles. The van der Waals surface area contributed by atoms with Crippen molar-refractivity contribution in [3.8, 4) is 11.3 Å². The van der Waals surface area contributed by atoms with Crippen LogP contribution in [0.5, 0.6) is 0 Å². The number of hydrogen-bond donors (Lipinski definition) is 2. The van der Waals surface area contributed by atoms with Crippen LogP contribution >= 0.6 is 15.9 Å². The van der Waals surface area contributed by atoms with Crippen molar-refractivity contribution in [1.82, 2.24) is 15.4 Å². The lowest BCUT2D eigenvalue weighted by molar-refractivity contribution is 0.0996. The van der Waals surface area contributed by atoms with Crippen LogP contribution in [0.1, 0.15) is 16.1 Å². The number of carbonyl (C=O) groups excluding carboxylic acids is 1. The third-order valence-electron chi connectivity index (χ3n) is 2.23. The van der Waals surface area contributed by atoms with Crippen LogP contribution in [0.2, 0.25) is 0 Å². The Morgan fingerprint density at radius 2 is 2.19 bits per heavy atom. The van der Waals surface area contributed by atoms with Gasteiger partial charge in [0.1, 0.15) is 5.69 Å². The molecule has 0 aliphatic rings. The number of H-pyrrole nitrogens is 1. The van der Waals surface area contributed by atoms with Gasteiger partial charge in [-0.15, -0.1) is 0 Å². The molecule has 3 N–H and O–H groups in total. The minimum absolute atomic E-state index is 0.149. The van der Waals surface area contributed by atoms with E-state index >= 15 is 0 Å². The molecule has 6 heteroatoms. The molecule has 0 aliphatic heterocycles. The van der Waals surface area contributed by atoms with Crippen LogP contribution in [0.25, 0.3) is 11.3 Å². The minimum Gasteiger partial charge on any atom is -0.364 e. The second kappa shape index (κ2) is 4.05. The first-order chi connectivity index (χ1) is 7.59. The fraction of sp³-hybridized carbons (Fsp3) is 0.100. The zero-order chi connectivity index (χ0) is 11.7. The summed E-state index contributed by atoms with van der Waals surface area (Å²) >= 11 is 3.42. The van der Waals surface area contributed by atoms with Crippen molar-refractivity contribution in [3.05, 3.63) is 33.9 Å². The number of hydrogen-bond acceptors (Lipinski definition) is 3. The number of carbonyl (C=O) groups is 1. The van der Waals surface area contributed by atoms with E-state index in [0.717, 1.165) is 15.6 Å². The molecule has 2 aromatic rings. The van der Waals surface area contributed by atoms with E-state index in [-0.39, 0.29) is 5.69 Å². The number of nitrogens with one attached hydrogen (secondary N) is 1. The van der Waals surface area contributed by atoms with Gasteiger partial charge in [-0.2, -0.15) is 15.4 Å². The molecule has 0 unspecified atom stereocenters. The van der Waals surface area contributed by atoms with Gasteiger partial charge >= 0.3 is 0 Å². The van der Waals surface area contributed by atoms with Gasteiger partial charge in [0.15, 0.2) is 5.69 Å². The van der Waals surface area contributed by atoms with Gasteiger partial charge in [-0.1, -0.05) is 28.1 Å². The van der Waals surface area contributed by atoms with Crippen molar-refractivity contribution < 1.29 is 4.79 Å². The highest BCUT2D eigenvalue weighted by atomic mass is 79.9. The topological polar surface area (TPSA) is 84.7 Å². The van der Waals surface area contributed by atoms with Gasteiger partial charge in [0.25, 0.3) is 5.91 Å². The van der Waals surface area contributed by atoms with Crippen LogP contribution in [0.3, 0.4) is 0 Å². The molecule has 1 aromatic carbocycles. The standard InChI is InChI=1S/C10H9BrN4O/c1-5-2-3-6(4-7(5)11)8-9(10(12)16)14-15-13-8/h2-4H,1H3,(H2,12,16)(H,13,14,15). The molecule has 5 nitrogen and oxygen atoms in total. The molecule has 2 rings (SSSR count). The summed E-state index contributed by atoms with van der Waals surface area (Å²) in [5, 5.41) is 10.0. The largest absolute Gasteiger partial charge is 0.364 e. The summed E-state index contributed by atoms with van der Waals surface area (Å²) in [7, 11) is 0. The number of aromatic nitrogens is 3. The quantitative estimate of drug-likeness (QED) is 0.877. The van der Waals surface area contributed by atoms with Gasteiger partial charge < -0.3 is 5.73 Å². The predicted molar refractivity (Wildman–Crippen MR) is 62.8 cm³/mol. The molecule has 16 heavy (non-hydrogen) atoms. The fourth-order valence-corrected chi connectivity index (χ4v) is 1.72. The predicted octanol–water partition coefficient (Wildman–Crippen LogP) is 1.64. The molecule has 0 fully saturated rings. The van der Waals surface area contributed by atoms with Crippen molar-refractivity contribution >= 4 is 21.8 Å². The average molecular weight is 281 g/mol. The van der Waals surface area contributed by atoms with Crippen LogP contribution < -0.4 is 5.73 Å². The summed E-state index contributed by atoms with van der Waals surface area (Å²) in [6.45, 7) is 1.98. The summed E-state index contributed by atoms with van der Waals surface area (Å²) in [4.78, 5) is 11.1. The third kappa shape index (κ3) is 1.83. The maximum Gasteiger partial charge on any atom is 0.271 e. The van der Waals surface area contributed by atoms with Crippen molar-refractivity contribution in [3.63, 3.8) is 0 Å². The molecule has 0 atom stereocenters. The van der Waals surface area contributed by atoms with E-state index in [9.17, 15) is 4.79 Å². The average Bonchev–Trinajstić information content (AvgIpc) is 2.71. The molecular formula is C10H9BrN4O. The Morgan fingerprint density at radius 1 is 1.44 bits per heavy atom. The maximum atomic E-state index is 11.1. The number of nitrogens with two attached hydrogens (primary N) is 1. The highest BCUT2D eigenvalue weighted by Crippen LogP contribution is 2.25. The number of amides is 1. The van der Waals surface area contributed by atoms with E-state index in [4.69, 9.17) is 5.73 Å². The Bertz CT molecular complexity index is 550. The van der Waals surface area contributed by atoms with Gasteiger partial charge in [-0.3, -0.25) is 4.79 Å². The smallest absolute Gasteiger partial charge is 0.271 e. The van der Waals surface area contributed by atoms with E-state index in [2.05, 4.69) is 31.3 Å². The number of benzene rings is 1. The number of halogens is 1. The molecule has 1 heterocycles. The third-order valence-corrected chi connectivity index (χ3v) is 3.08. The first kappa shape index (κ1) is 10.8. The van der Waals surface area contributed by atoms with Crippen LogP contribution in [0, 0.1) is 6.92 Å². The maximum absolute atomic E-state index is 11.1. The van der Waals surface area contributed by atoms with Gasteiger partial charge in [0, 0.05) is 10.0 Å². The Kier molecular flexibility index (Phi) is 2.74. The number of primary amides is 1. The molecule has 0 radical (unpaired) electrons. The molecular weight excluding hydrogens is 272 g/mol. The summed E-state index contributed by atoms with van der Waals surface area (Å²) < 4.78 is 0.948. The van der Waals surface area contributed by atoms with Gasteiger partial charge in [-0.25, -0.2) is 0 Å². The number of rotatable bonds is 2. The molecule has 0 saturated heterocycles. The van der Waals surface area contributed by atoms with Gasteiger partial charge in [-0.05, 0) is 18.6 Å². The molecule has 0 spiro atoms. The molecule has 0 saturated carbocycles. The SMILES string of the molecule is Cc1ccc(-c2n[nH]nc2C(N)=O)cc1Br. The Balaban J connectivity index is 2.54. The van der Waals surface area contributed by atoms with E-state index in [1.165, 1.54) is 0 Å². The zero-order valence-corrected chi connectivity index (χ0v) is 10.1. The zero-order valence-electron chi connectivity index (χ0n) is 8.49. The number of aryl methyl sites for hydroxylation is 1. The summed E-state index contributed by atoms with van der Waals surface area (Å²) in [5.41, 5.74) is 7.70. The Hall–Kier alpha value is -1.69. The van der Waals surface area contributed by atoms with Crippen molar-refractivity contribution in [2.24, 2.45) is 5.73 Å². The first-order valence-corrected chi connectivity index (χ1v) is 5.36. The summed E-state index contributed by atoms with van der Waals surface area (Å²) in [6, 6.07) is 5.67. The highest BCUT2D eigenvalue weighted by Gasteiger charge is 2.15. The fourth-order valence-electron chi connectivity index (χ4n) is 1.34. The van der Waals surface area contributed by atoms with Gasteiger partial charge in [0.05, 0.1) is 0 Å². The molecule has 82 valence electrons. The molecule has 0 bridgehead atoms. The second-order valence-corrected chi connectivity index (χ2v) is 4.20. The van der Waals surface area contributed by atoms with Crippen LogP contribution in [-0.4, -0.2) is 21.3 Å². The van der Waals surface area contributed by atoms with E-state index in [1.807, 2.05) is 25.1 Å². The lowest BCUT2D eigenvalue weighted by atomic mass is 10.1. The Morgan fingerprint density at radius 3 is 2.81 bits per heavy atom. The van der Waals surface area contributed by atoms with Crippen molar-refractivity contribution in [2.75, 3.05) is 0 Å². The van der Waals surface area contributed by atoms with Gasteiger partial charge in [0.2, 0.25) is 0 Å². The van der Waals surface area contributed by atoms with E-state index in [0.29, 0.717) is 5.69 Å². The summed E-state index contributed by atoms with van der Waals surface area (Å²) in [6.07, 6.45) is 0. The normalized spacial score (nSPS) is 10.4. The Labute approximate surface area is 100 Å². The van der Waals surface area contributed by atoms with E-state index in [1.54, 1.807) is 0 Å². The van der Waals surface area contributed by atoms with E-state index < -0.39 is 5.91 Å². The van der Waals surface area contributed by atoms with Crippen molar-refractivity contribution in [2.45, 2.75) is 6.92 Å². The molecule has 0 aliphatic carbocycles. The van der Waals surface area contributed by atoms with Crippen molar-refractivity contribution in [1.29, 1.82) is 0 Å². The lowest BCUT2D eigenvalue weighted by Gasteiger charge is -2.01. The van der Waals surface area contributed by atoms with Crippen LogP contribution in [0.4, 0.5) is 0 Å². The monoisotopic (exact) mass is 280 g/mol. The van der Waals surface area contributed by atoms with Crippen LogP contribution in [-0.2, 0) is 0 Å². The molecule has 1 amide bonds. The minimum atomic E-state index is -0.597. The lowest BCUT2D eigenvalue weighted by Crippen LogP contribution is -2.12. The number of nitrogens with zero attached hydrogens (tertiary/aromatic N) is 2. The first-order valence-electron chi connectivity index (χ1n) is 4.56. The number of aromatic amines is 1. The summed E-state index contributed by atoms with van der Waals surface area (Å²) in [5.74, 6) is -0.597. The highest BCUT2D eigenvalue weighted by molar-refractivity contribution is 9.10. The second-order valence-electron chi connectivity index (χ2n) is 3.35. The van der Waals surface area contributed by atoms with Crippen LogP contribution in [0.15, 0.2) is 22.7 Å².